The minimum atomic E-state index is -0.748. The van der Waals surface area contributed by atoms with E-state index in [0.717, 1.165) is 22.3 Å². The fourth-order valence-corrected chi connectivity index (χ4v) is 5.16. The molecule has 2 aromatic rings. The lowest BCUT2D eigenvalue weighted by Crippen LogP contribution is -2.43. The van der Waals surface area contributed by atoms with Gasteiger partial charge in [-0.1, -0.05) is 6.07 Å². The van der Waals surface area contributed by atoms with Crippen LogP contribution in [0.1, 0.15) is 50.7 Å². The molecule has 1 saturated heterocycles. The van der Waals surface area contributed by atoms with E-state index < -0.39 is 12.0 Å². The molecule has 0 saturated carbocycles. The summed E-state index contributed by atoms with van der Waals surface area (Å²) >= 11 is 1.44. The average molecular weight is 416 g/mol. The number of thioether (sulfide) groups is 1. The predicted octanol–water partition coefficient (Wildman–Crippen LogP) is 3.90. The van der Waals surface area contributed by atoms with Crippen LogP contribution in [0, 0.1) is 27.7 Å². The number of hydrogen-bond acceptors (Lipinski definition) is 6. The van der Waals surface area contributed by atoms with Crippen LogP contribution in [0.2, 0.25) is 0 Å². The van der Waals surface area contributed by atoms with E-state index in [1.54, 1.807) is 12.1 Å². The van der Waals surface area contributed by atoms with Gasteiger partial charge in [-0.05, 0) is 62.1 Å². The second-order valence-electron chi connectivity index (χ2n) is 7.31. The van der Waals surface area contributed by atoms with Gasteiger partial charge in [0.1, 0.15) is 17.2 Å². The monoisotopic (exact) mass is 415 g/mol. The number of ketones is 1. The molecule has 3 rings (SSSR count). The van der Waals surface area contributed by atoms with Crippen molar-refractivity contribution >= 4 is 29.4 Å². The number of Topliss-reactive ketones (excluding diaryl/α,β-unsaturated/α-hetero) is 1. The molecule has 1 aromatic carbocycles. The van der Waals surface area contributed by atoms with Crippen molar-refractivity contribution in [2.45, 2.75) is 46.0 Å². The molecule has 0 radical (unpaired) electrons. The Bertz CT molecular complexity index is 951. The largest absolute Gasteiger partial charge is 0.466 e. The van der Waals surface area contributed by atoms with E-state index in [4.69, 9.17) is 9.15 Å². The molecular weight excluding hydrogens is 390 g/mol. The zero-order chi connectivity index (χ0) is 21.3. The third kappa shape index (κ3) is 4.10. The third-order valence-electron chi connectivity index (χ3n) is 5.40. The number of rotatable bonds is 5. The highest BCUT2D eigenvalue weighted by Gasteiger charge is 2.43. The number of benzene rings is 1. The number of carbonyl (C=O) groups excluding carboxylic acids is 3. The summed E-state index contributed by atoms with van der Waals surface area (Å²) in [5.74, 6) is -0.0589. The van der Waals surface area contributed by atoms with Gasteiger partial charge in [0, 0.05) is 18.2 Å². The predicted molar refractivity (Wildman–Crippen MR) is 111 cm³/mol. The number of esters is 1. The molecule has 1 aliphatic rings. The van der Waals surface area contributed by atoms with Gasteiger partial charge in [0.15, 0.2) is 6.61 Å². The highest BCUT2D eigenvalue weighted by molar-refractivity contribution is 7.99. The van der Waals surface area contributed by atoms with E-state index in [9.17, 15) is 14.4 Å². The Morgan fingerprint density at radius 3 is 2.52 bits per heavy atom. The van der Waals surface area contributed by atoms with Gasteiger partial charge in [0.2, 0.25) is 11.7 Å². The fourth-order valence-electron chi connectivity index (χ4n) is 3.74. The van der Waals surface area contributed by atoms with Gasteiger partial charge >= 0.3 is 5.97 Å². The van der Waals surface area contributed by atoms with E-state index in [2.05, 4.69) is 0 Å². The van der Waals surface area contributed by atoms with Crippen molar-refractivity contribution in [1.29, 1.82) is 0 Å². The lowest BCUT2D eigenvalue weighted by Gasteiger charge is -2.25. The Labute approximate surface area is 174 Å². The van der Waals surface area contributed by atoms with Crippen molar-refractivity contribution in [2.75, 3.05) is 12.4 Å². The molecule has 7 heteroatoms. The van der Waals surface area contributed by atoms with Crippen LogP contribution in [0.3, 0.4) is 0 Å². The second-order valence-corrected chi connectivity index (χ2v) is 8.42. The Kier molecular flexibility index (Phi) is 6.17. The number of amides is 1. The summed E-state index contributed by atoms with van der Waals surface area (Å²) in [6, 6.07) is 4.74. The van der Waals surface area contributed by atoms with E-state index >= 15 is 0 Å². The van der Waals surface area contributed by atoms with Gasteiger partial charge in [-0.25, -0.2) is 4.79 Å². The van der Waals surface area contributed by atoms with Crippen LogP contribution in [0.15, 0.2) is 28.9 Å². The van der Waals surface area contributed by atoms with Crippen LogP contribution in [-0.4, -0.2) is 41.0 Å². The van der Waals surface area contributed by atoms with Gasteiger partial charge in [0.25, 0.3) is 0 Å². The lowest BCUT2D eigenvalue weighted by atomic mass is 9.92. The Hall–Kier alpha value is -2.54. The van der Waals surface area contributed by atoms with Crippen LogP contribution in [-0.2, 0) is 14.3 Å². The molecule has 0 N–H and O–H groups in total. The molecular formula is C22H25NO5S. The molecule has 154 valence electrons. The number of aryl methyl sites for hydroxylation is 2. The second kappa shape index (κ2) is 8.45. The molecule has 1 fully saturated rings. The van der Waals surface area contributed by atoms with Crippen molar-refractivity contribution in [2.24, 2.45) is 0 Å². The van der Waals surface area contributed by atoms with Crippen molar-refractivity contribution in [1.82, 2.24) is 4.90 Å². The summed E-state index contributed by atoms with van der Waals surface area (Å²) in [5.41, 5.74) is 4.55. The highest BCUT2D eigenvalue weighted by Crippen LogP contribution is 2.41. The summed E-state index contributed by atoms with van der Waals surface area (Å²) in [6.07, 6.45) is 1.53. The number of carbonyl (C=O) groups is 3. The summed E-state index contributed by atoms with van der Waals surface area (Å²) in [7, 11) is 0. The van der Waals surface area contributed by atoms with Gasteiger partial charge in [-0.3, -0.25) is 9.59 Å². The van der Waals surface area contributed by atoms with Gasteiger partial charge in [-0.15, -0.1) is 11.8 Å². The van der Waals surface area contributed by atoms with Crippen LogP contribution < -0.4 is 0 Å². The highest BCUT2D eigenvalue weighted by atomic mass is 32.2. The zero-order valence-corrected chi connectivity index (χ0v) is 18.1. The molecule has 0 bridgehead atoms. The van der Waals surface area contributed by atoms with Crippen LogP contribution >= 0.6 is 11.8 Å². The van der Waals surface area contributed by atoms with E-state index in [1.165, 1.54) is 29.8 Å². The smallest absolute Gasteiger partial charge is 0.330 e. The van der Waals surface area contributed by atoms with Crippen molar-refractivity contribution in [3.63, 3.8) is 0 Å². The first-order valence-corrected chi connectivity index (χ1v) is 10.5. The van der Waals surface area contributed by atoms with Crippen molar-refractivity contribution in [3.8, 4) is 0 Å². The normalized spacial score (nSPS) is 18.7. The molecule has 1 amide bonds. The molecule has 29 heavy (non-hydrogen) atoms. The minimum Gasteiger partial charge on any atom is -0.466 e. The Morgan fingerprint density at radius 2 is 1.90 bits per heavy atom. The van der Waals surface area contributed by atoms with Crippen molar-refractivity contribution in [3.05, 3.63) is 58.0 Å². The number of furan rings is 1. The topological polar surface area (TPSA) is 76.8 Å². The molecule has 1 aromatic heterocycles. The fraction of sp³-hybridized carbons (Fsp3) is 0.409. The molecule has 2 heterocycles. The summed E-state index contributed by atoms with van der Waals surface area (Å²) < 4.78 is 10.8. The minimum absolute atomic E-state index is 0.237. The Morgan fingerprint density at radius 1 is 1.17 bits per heavy atom. The first-order valence-electron chi connectivity index (χ1n) is 9.43. The first kappa shape index (κ1) is 21.2. The maximum absolute atomic E-state index is 12.8. The standard InChI is InChI=1S/C22H25NO5S/c1-12-9-13(2)20(15(4)14(12)3)18(25)10-28-22(26)17-11-29-21(23(17)16(5)24)19-7-6-8-27-19/h6-9,17,21H,10-11H2,1-5H3/t17-,21+/m1/s1. The first-order chi connectivity index (χ1) is 13.7. The molecule has 6 nitrogen and oxygen atoms in total. The maximum atomic E-state index is 12.8. The number of ether oxygens (including phenoxy) is 1. The molecule has 0 aliphatic carbocycles. The van der Waals surface area contributed by atoms with Crippen LogP contribution in [0.5, 0.6) is 0 Å². The molecule has 0 spiro atoms. The van der Waals surface area contributed by atoms with E-state index in [-0.39, 0.29) is 23.7 Å². The van der Waals surface area contributed by atoms with Crippen LogP contribution in [0.4, 0.5) is 0 Å². The Balaban J connectivity index is 1.72. The van der Waals surface area contributed by atoms with Gasteiger partial charge < -0.3 is 14.1 Å². The zero-order valence-electron chi connectivity index (χ0n) is 17.3. The third-order valence-corrected chi connectivity index (χ3v) is 6.69. The average Bonchev–Trinajstić information content (AvgIpc) is 3.33. The van der Waals surface area contributed by atoms with E-state index in [0.29, 0.717) is 17.1 Å². The van der Waals surface area contributed by atoms with Gasteiger partial charge in [0.05, 0.1) is 6.26 Å². The van der Waals surface area contributed by atoms with Crippen LogP contribution in [0.25, 0.3) is 0 Å². The number of hydrogen-bond donors (Lipinski definition) is 0. The van der Waals surface area contributed by atoms with Gasteiger partial charge in [-0.2, -0.15) is 0 Å². The van der Waals surface area contributed by atoms with E-state index in [1.807, 2.05) is 33.8 Å². The quantitative estimate of drug-likeness (QED) is 0.544. The summed E-state index contributed by atoms with van der Waals surface area (Å²) in [6.45, 7) is 8.84. The molecule has 0 unspecified atom stereocenters. The maximum Gasteiger partial charge on any atom is 0.330 e. The molecule has 1 aliphatic heterocycles. The lowest BCUT2D eigenvalue weighted by molar-refractivity contribution is -0.152. The van der Waals surface area contributed by atoms with Crippen molar-refractivity contribution < 1.29 is 23.5 Å². The molecule has 2 atom stereocenters. The number of nitrogens with zero attached hydrogens (tertiary/aromatic N) is 1. The summed E-state index contributed by atoms with van der Waals surface area (Å²) in [4.78, 5) is 39.1. The SMILES string of the molecule is CC(=O)N1[C@@H](C(=O)OCC(=O)c2c(C)cc(C)c(C)c2C)CS[C@H]1c1ccco1. The summed E-state index contributed by atoms with van der Waals surface area (Å²) in [5, 5.41) is -0.375.